The van der Waals surface area contributed by atoms with Crippen LogP contribution in [0, 0.1) is 0 Å². The molecule has 0 saturated heterocycles. The molecule has 0 saturated carbocycles. The summed E-state index contributed by atoms with van der Waals surface area (Å²) >= 11 is 0. The summed E-state index contributed by atoms with van der Waals surface area (Å²) < 4.78 is 23.4. The van der Waals surface area contributed by atoms with E-state index in [1.54, 1.807) is 0 Å². The summed E-state index contributed by atoms with van der Waals surface area (Å²) in [4.78, 5) is 10.5. The van der Waals surface area contributed by atoms with Crippen LogP contribution in [-0.2, 0) is 4.79 Å². The molecule has 1 unspecified atom stereocenters. The third kappa shape index (κ3) is 4.80. The minimum Gasteiger partial charge on any atom is -0.324 e. The lowest BCUT2D eigenvalue weighted by atomic mass is 10.1. The molecule has 0 amide bonds. The molecule has 0 rings (SSSR count). The van der Waals surface area contributed by atoms with Crippen molar-refractivity contribution < 1.29 is 13.6 Å². The Kier molecular flexibility index (Phi) is 4.89. The van der Waals surface area contributed by atoms with Crippen LogP contribution in [-0.4, -0.2) is 24.8 Å². The molecule has 0 heterocycles. The number of Topliss-reactive ketones (excluding diaryl/α,β-unsaturated/α-hetero) is 1. The molecule has 0 radical (unpaired) electrons. The van der Waals surface area contributed by atoms with Gasteiger partial charge in [-0.2, -0.15) is 0 Å². The van der Waals surface area contributed by atoms with Crippen LogP contribution < -0.4 is 11.5 Å². The zero-order chi connectivity index (χ0) is 8.85. The quantitative estimate of drug-likeness (QED) is 0.598. The van der Waals surface area contributed by atoms with Crippen molar-refractivity contribution in [3.05, 3.63) is 0 Å². The zero-order valence-electron chi connectivity index (χ0n) is 6.09. The van der Waals surface area contributed by atoms with Crippen molar-refractivity contribution in [2.45, 2.75) is 25.3 Å². The largest absolute Gasteiger partial charge is 0.324 e. The minimum absolute atomic E-state index is 0.00764. The standard InChI is InChI=1S/C6H12F2N2O/c7-6(8)5(10)2-1-4(11)3-9/h5-6H,1-3,9-10H2. The van der Waals surface area contributed by atoms with E-state index >= 15 is 0 Å². The predicted molar refractivity (Wildman–Crippen MR) is 37.3 cm³/mol. The first-order chi connectivity index (χ1) is 5.07. The normalized spacial score (nSPS) is 13.5. The van der Waals surface area contributed by atoms with Crippen LogP contribution in [0.5, 0.6) is 0 Å². The van der Waals surface area contributed by atoms with Crippen molar-refractivity contribution >= 4 is 5.78 Å². The van der Waals surface area contributed by atoms with E-state index in [1.165, 1.54) is 0 Å². The van der Waals surface area contributed by atoms with Crippen LogP contribution in [0.1, 0.15) is 12.8 Å². The van der Waals surface area contributed by atoms with Gasteiger partial charge in [0.05, 0.1) is 12.6 Å². The molecule has 11 heavy (non-hydrogen) atoms. The predicted octanol–water partition coefficient (Wildman–Crippen LogP) is -0.113. The number of hydrogen-bond acceptors (Lipinski definition) is 3. The maximum Gasteiger partial charge on any atom is 0.253 e. The van der Waals surface area contributed by atoms with Gasteiger partial charge in [0.2, 0.25) is 0 Å². The lowest BCUT2D eigenvalue weighted by molar-refractivity contribution is -0.118. The van der Waals surface area contributed by atoms with E-state index in [0.29, 0.717) is 0 Å². The first kappa shape index (κ1) is 10.4. The molecule has 66 valence electrons. The van der Waals surface area contributed by atoms with Gasteiger partial charge in [0.15, 0.2) is 0 Å². The number of carbonyl (C=O) groups excluding carboxylic acids is 1. The number of hydrogen-bond donors (Lipinski definition) is 2. The molecule has 0 aromatic rings. The monoisotopic (exact) mass is 166 g/mol. The second-order valence-corrected chi connectivity index (χ2v) is 2.28. The molecular formula is C6H12F2N2O. The lowest BCUT2D eigenvalue weighted by Gasteiger charge is -2.07. The molecule has 0 fully saturated rings. The third-order valence-electron chi connectivity index (χ3n) is 1.31. The molecule has 0 aliphatic rings. The molecular weight excluding hydrogens is 154 g/mol. The van der Waals surface area contributed by atoms with Gasteiger partial charge in [-0.25, -0.2) is 8.78 Å². The molecule has 0 aliphatic carbocycles. The van der Waals surface area contributed by atoms with Gasteiger partial charge in [0.25, 0.3) is 6.43 Å². The van der Waals surface area contributed by atoms with Gasteiger partial charge in [-0.1, -0.05) is 0 Å². The second kappa shape index (κ2) is 5.15. The molecule has 3 nitrogen and oxygen atoms in total. The fourth-order valence-electron chi connectivity index (χ4n) is 0.556. The van der Waals surface area contributed by atoms with Crippen molar-refractivity contribution in [2.75, 3.05) is 6.54 Å². The molecule has 5 heteroatoms. The Morgan fingerprint density at radius 1 is 1.45 bits per heavy atom. The maximum atomic E-state index is 11.7. The van der Waals surface area contributed by atoms with Crippen molar-refractivity contribution in [3.8, 4) is 0 Å². The van der Waals surface area contributed by atoms with Crippen LogP contribution in [0.25, 0.3) is 0 Å². The molecule has 0 aliphatic heterocycles. The first-order valence-electron chi connectivity index (χ1n) is 3.33. The Labute approximate surface area is 63.7 Å². The van der Waals surface area contributed by atoms with E-state index in [2.05, 4.69) is 0 Å². The lowest BCUT2D eigenvalue weighted by Crippen LogP contribution is -2.29. The van der Waals surface area contributed by atoms with E-state index in [0.717, 1.165) is 0 Å². The highest BCUT2D eigenvalue weighted by Crippen LogP contribution is 2.04. The summed E-state index contributed by atoms with van der Waals surface area (Å²) in [6.07, 6.45) is -2.50. The first-order valence-corrected chi connectivity index (χ1v) is 3.33. The Morgan fingerprint density at radius 3 is 2.36 bits per heavy atom. The fourth-order valence-corrected chi connectivity index (χ4v) is 0.556. The number of ketones is 1. The number of rotatable bonds is 5. The van der Waals surface area contributed by atoms with Gasteiger partial charge in [0.1, 0.15) is 5.78 Å². The third-order valence-corrected chi connectivity index (χ3v) is 1.31. The van der Waals surface area contributed by atoms with E-state index in [-0.39, 0.29) is 25.2 Å². The zero-order valence-corrected chi connectivity index (χ0v) is 6.09. The Balaban J connectivity index is 3.45. The van der Waals surface area contributed by atoms with Gasteiger partial charge in [-0.05, 0) is 6.42 Å². The Bertz CT molecular complexity index is 130. The van der Waals surface area contributed by atoms with Crippen LogP contribution >= 0.6 is 0 Å². The average Bonchev–Trinajstić information content (AvgIpc) is 1.99. The van der Waals surface area contributed by atoms with Crippen LogP contribution in [0.4, 0.5) is 8.78 Å². The average molecular weight is 166 g/mol. The van der Waals surface area contributed by atoms with E-state index < -0.39 is 12.5 Å². The fraction of sp³-hybridized carbons (Fsp3) is 0.833. The highest BCUT2D eigenvalue weighted by Gasteiger charge is 2.15. The van der Waals surface area contributed by atoms with Crippen LogP contribution in [0.2, 0.25) is 0 Å². The molecule has 0 aromatic carbocycles. The van der Waals surface area contributed by atoms with Gasteiger partial charge >= 0.3 is 0 Å². The van der Waals surface area contributed by atoms with Crippen molar-refractivity contribution in [1.82, 2.24) is 0 Å². The van der Waals surface area contributed by atoms with E-state index in [1.807, 2.05) is 0 Å². The van der Waals surface area contributed by atoms with E-state index in [9.17, 15) is 13.6 Å². The number of alkyl halides is 2. The highest BCUT2D eigenvalue weighted by atomic mass is 19.3. The molecule has 0 aromatic heterocycles. The van der Waals surface area contributed by atoms with Crippen molar-refractivity contribution in [3.63, 3.8) is 0 Å². The van der Waals surface area contributed by atoms with Gasteiger partial charge in [-0.3, -0.25) is 4.79 Å². The summed E-state index contributed by atoms with van der Waals surface area (Å²) in [6.45, 7) is -0.101. The molecule has 0 spiro atoms. The second-order valence-electron chi connectivity index (χ2n) is 2.28. The summed E-state index contributed by atoms with van der Waals surface area (Å²) in [7, 11) is 0. The Morgan fingerprint density at radius 2 is 2.00 bits per heavy atom. The van der Waals surface area contributed by atoms with Gasteiger partial charge < -0.3 is 11.5 Å². The Hall–Kier alpha value is -0.550. The number of halogens is 2. The SMILES string of the molecule is NCC(=O)CCC(N)C(F)F. The maximum absolute atomic E-state index is 11.7. The summed E-state index contributed by atoms with van der Waals surface area (Å²) in [5.74, 6) is -0.235. The number of carbonyl (C=O) groups is 1. The summed E-state index contributed by atoms with van der Waals surface area (Å²) in [5, 5.41) is 0. The smallest absolute Gasteiger partial charge is 0.253 e. The van der Waals surface area contributed by atoms with Crippen LogP contribution in [0.3, 0.4) is 0 Å². The van der Waals surface area contributed by atoms with Gasteiger partial charge in [-0.15, -0.1) is 0 Å². The van der Waals surface area contributed by atoms with Gasteiger partial charge in [0, 0.05) is 6.42 Å². The summed E-state index contributed by atoms with van der Waals surface area (Å²) in [5.41, 5.74) is 9.93. The topological polar surface area (TPSA) is 69.1 Å². The van der Waals surface area contributed by atoms with Crippen molar-refractivity contribution in [2.24, 2.45) is 11.5 Å². The number of nitrogens with two attached hydrogens (primary N) is 2. The minimum atomic E-state index is -2.56. The molecule has 0 bridgehead atoms. The van der Waals surface area contributed by atoms with Crippen LogP contribution in [0.15, 0.2) is 0 Å². The molecule has 1 atom stereocenters. The van der Waals surface area contributed by atoms with Crippen molar-refractivity contribution in [1.29, 1.82) is 0 Å². The molecule has 4 N–H and O–H groups in total. The summed E-state index contributed by atoms with van der Waals surface area (Å²) in [6, 6.07) is -1.20. The highest BCUT2D eigenvalue weighted by molar-refractivity contribution is 5.80. The van der Waals surface area contributed by atoms with E-state index in [4.69, 9.17) is 11.5 Å².